The lowest BCUT2D eigenvalue weighted by Crippen LogP contribution is -2.12. The minimum atomic E-state index is -0.520. The summed E-state index contributed by atoms with van der Waals surface area (Å²) in [6, 6.07) is 8.79. The highest BCUT2D eigenvalue weighted by Gasteiger charge is 2.06. The second kappa shape index (κ2) is 6.76. The topological polar surface area (TPSA) is 72.0 Å². The number of aromatic nitrogens is 2. The summed E-state index contributed by atoms with van der Waals surface area (Å²) in [6.45, 7) is -0.0924. The van der Waals surface area contributed by atoms with Crippen LogP contribution in [0.4, 0.5) is 0 Å². The molecule has 3 aromatic rings. The Morgan fingerprint density at radius 1 is 1.30 bits per heavy atom. The molecule has 0 unspecified atom stereocenters. The molecule has 2 heterocycles. The number of esters is 1. The van der Waals surface area contributed by atoms with Crippen molar-refractivity contribution in [1.29, 1.82) is 0 Å². The number of benzene rings is 1. The summed E-state index contributed by atoms with van der Waals surface area (Å²) in [5.74, 6) is -0.206. The van der Waals surface area contributed by atoms with Gasteiger partial charge >= 0.3 is 5.97 Å². The molecule has 3 rings (SSSR count). The highest BCUT2D eigenvalue weighted by Crippen LogP contribution is 2.14. The van der Waals surface area contributed by atoms with E-state index in [1.165, 1.54) is 17.4 Å². The molecular weight excluding hydrogens is 336 g/mol. The third-order valence-corrected chi connectivity index (χ3v) is 4.15. The maximum atomic E-state index is 11.8. The van der Waals surface area contributed by atoms with Crippen molar-refractivity contribution in [1.82, 2.24) is 9.97 Å². The number of carbonyl (C=O) groups excluding carboxylic acids is 1. The predicted molar refractivity (Wildman–Crippen MR) is 90.5 cm³/mol. The van der Waals surface area contributed by atoms with Gasteiger partial charge in [-0.05, 0) is 35.2 Å². The van der Waals surface area contributed by atoms with Gasteiger partial charge < -0.3 is 9.72 Å². The number of rotatable bonds is 4. The Balaban J connectivity index is 1.63. The van der Waals surface area contributed by atoms with Crippen LogP contribution in [0.15, 0.2) is 46.6 Å². The molecule has 0 spiro atoms. The van der Waals surface area contributed by atoms with E-state index in [1.807, 2.05) is 0 Å². The number of aromatic amines is 1. The molecule has 7 heteroatoms. The molecule has 0 fully saturated rings. The average Bonchev–Trinajstić information content (AvgIpc) is 3.01. The minimum absolute atomic E-state index is 0.0924. The summed E-state index contributed by atoms with van der Waals surface area (Å²) in [7, 11) is 0. The van der Waals surface area contributed by atoms with Crippen molar-refractivity contribution < 1.29 is 9.53 Å². The number of nitrogens with zero attached hydrogens (tertiary/aromatic N) is 1. The summed E-state index contributed by atoms with van der Waals surface area (Å²) in [5, 5.41) is 2.42. The fourth-order valence-corrected chi connectivity index (χ4v) is 2.77. The van der Waals surface area contributed by atoms with Crippen LogP contribution in [-0.4, -0.2) is 15.9 Å². The first-order valence-corrected chi connectivity index (χ1v) is 7.94. The molecule has 0 atom stereocenters. The van der Waals surface area contributed by atoms with E-state index >= 15 is 0 Å². The second-order valence-electron chi connectivity index (χ2n) is 4.64. The van der Waals surface area contributed by atoms with Gasteiger partial charge in [0.25, 0.3) is 5.56 Å². The molecule has 1 aromatic carbocycles. The number of H-pyrrole nitrogens is 1. The van der Waals surface area contributed by atoms with Gasteiger partial charge in [-0.1, -0.05) is 23.7 Å². The Morgan fingerprint density at radius 2 is 2.09 bits per heavy atom. The van der Waals surface area contributed by atoms with Crippen LogP contribution in [0.25, 0.3) is 16.3 Å². The van der Waals surface area contributed by atoms with Gasteiger partial charge in [-0.25, -0.2) is 9.78 Å². The van der Waals surface area contributed by atoms with Crippen LogP contribution in [-0.2, 0) is 16.1 Å². The van der Waals surface area contributed by atoms with Crippen molar-refractivity contribution >= 4 is 45.2 Å². The zero-order chi connectivity index (χ0) is 16.2. The van der Waals surface area contributed by atoms with Gasteiger partial charge in [0, 0.05) is 11.1 Å². The number of nitrogens with one attached hydrogen (secondary N) is 1. The van der Waals surface area contributed by atoms with Crippen molar-refractivity contribution in [2.45, 2.75) is 6.61 Å². The molecule has 0 amide bonds. The molecule has 0 radical (unpaired) electrons. The summed E-state index contributed by atoms with van der Waals surface area (Å²) in [5.41, 5.74) is 1.20. The first-order chi connectivity index (χ1) is 11.1. The molecule has 0 aliphatic rings. The van der Waals surface area contributed by atoms with Gasteiger partial charge in [-0.3, -0.25) is 4.79 Å². The molecule has 0 aliphatic heterocycles. The lowest BCUT2D eigenvalue weighted by molar-refractivity contribution is -0.139. The molecule has 0 bridgehead atoms. The van der Waals surface area contributed by atoms with Crippen LogP contribution >= 0.6 is 22.9 Å². The molecule has 116 valence electrons. The van der Waals surface area contributed by atoms with E-state index in [-0.39, 0.29) is 12.2 Å². The van der Waals surface area contributed by atoms with Crippen molar-refractivity contribution in [3.8, 4) is 0 Å². The molecule has 0 saturated carbocycles. The Morgan fingerprint density at radius 3 is 2.87 bits per heavy atom. The van der Waals surface area contributed by atoms with Crippen LogP contribution in [0.5, 0.6) is 0 Å². The van der Waals surface area contributed by atoms with E-state index in [9.17, 15) is 9.59 Å². The molecular formula is C16H11ClN2O3S. The number of fused-ring (bicyclic) bond motifs is 1. The standard InChI is InChI=1S/C16H11ClN2O3S/c17-11-4-1-10(2-5-11)3-6-14(20)22-9-13-18-12-7-8-23-15(12)16(21)19-13/h1-8H,9H2,(H,18,19,21)/b6-3+. The number of halogens is 1. The molecule has 23 heavy (non-hydrogen) atoms. The smallest absolute Gasteiger partial charge is 0.331 e. The fourth-order valence-electron chi connectivity index (χ4n) is 1.92. The summed E-state index contributed by atoms with van der Waals surface area (Å²) >= 11 is 7.11. The molecule has 2 aromatic heterocycles. The number of thiophene rings is 1. The number of ether oxygens (including phenoxy) is 1. The Bertz CT molecular complexity index is 928. The third-order valence-electron chi connectivity index (χ3n) is 3.00. The maximum Gasteiger partial charge on any atom is 0.331 e. The van der Waals surface area contributed by atoms with E-state index < -0.39 is 5.97 Å². The van der Waals surface area contributed by atoms with E-state index in [1.54, 1.807) is 41.8 Å². The third kappa shape index (κ3) is 3.85. The summed E-state index contributed by atoms with van der Waals surface area (Å²) in [6.07, 6.45) is 2.93. The maximum absolute atomic E-state index is 11.8. The summed E-state index contributed by atoms with van der Waals surface area (Å²) in [4.78, 5) is 30.3. The molecule has 1 N–H and O–H groups in total. The lowest BCUT2D eigenvalue weighted by atomic mass is 10.2. The van der Waals surface area contributed by atoms with Crippen LogP contribution in [0, 0.1) is 0 Å². The number of hydrogen-bond acceptors (Lipinski definition) is 5. The molecule has 0 saturated heterocycles. The fraction of sp³-hybridized carbons (Fsp3) is 0.0625. The first-order valence-electron chi connectivity index (χ1n) is 6.68. The van der Waals surface area contributed by atoms with Gasteiger partial charge in [0.2, 0.25) is 0 Å². The minimum Gasteiger partial charge on any atom is -0.454 e. The largest absolute Gasteiger partial charge is 0.454 e. The average molecular weight is 347 g/mol. The van der Waals surface area contributed by atoms with Gasteiger partial charge in [-0.15, -0.1) is 11.3 Å². The van der Waals surface area contributed by atoms with E-state index in [0.29, 0.717) is 21.1 Å². The van der Waals surface area contributed by atoms with Crippen molar-refractivity contribution in [2.75, 3.05) is 0 Å². The first kappa shape index (κ1) is 15.5. The second-order valence-corrected chi connectivity index (χ2v) is 5.99. The monoisotopic (exact) mass is 346 g/mol. The predicted octanol–water partition coefficient (Wildman–Crippen LogP) is 3.39. The van der Waals surface area contributed by atoms with E-state index in [0.717, 1.165) is 5.56 Å². The highest BCUT2D eigenvalue weighted by atomic mass is 35.5. The van der Waals surface area contributed by atoms with Gasteiger partial charge in [0.1, 0.15) is 17.1 Å². The Hall–Kier alpha value is -2.44. The summed E-state index contributed by atoms with van der Waals surface area (Å²) < 4.78 is 5.63. The van der Waals surface area contributed by atoms with Crippen LogP contribution < -0.4 is 5.56 Å². The van der Waals surface area contributed by atoms with Crippen LogP contribution in [0.3, 0.4) is 0 Å². The van der Waals surface area contributed by atoms with Gasteiger partial charge in [0.15, 0.2) is 0 Å². The normalized spacial score (nSPS) is 11.2. The number of hydrogen-bond donors (Lipinski definition) is 1. The van der Waals surface area contributed by atoms with E-state index in [4.69, 9.17) is 16.3 Å². The lowest BCUT2D eigenvalue weighted by Gasteiger charge is -2.01. The zero-order valence-electron chi connectivity index (χ0n) is 11.8. The molecule has 5 nitrogen and oxygen atoms in total. The quantitative estimate of drug-likeness (QED) is 0.580. The van der Waals surface area contributed by atoms with Gasteiger partial charge in [0.05, 0.1) is 5.52 Å². The Kier molecular flexibility index (Phi) is 4.55. The SMILES string of the molecule is O=C(/C=C/c1ccc(Cl)cc1)OCc1nc2ccsc2c(=O)[nH]1. The Labute approximate surface area is 140 Å². The van der Waals surface area contributed by atoms with Crippen molar-refractivity contribution in [2.24, 2.45) is 0 Å². The van der Waals surface area contributed by atoms with Crippen LogP contribution in [0.1, 0.15) is 11.4 Å². The number of carbonyl (C=O) groups is 1. The van der Waals surface area contributed by atoms with Gasteiger partial charge in [-0.2, -0.15) is 0 Å². The van der Waals surface area contributed by atoms with Crippen molar-refractivity contribution in [3.05, 3.63) is 68.6 Å². The van der Waals surface area contributed by atoms with E-state index in [2.05, 4.69) is 9.97 Å². The van der Waals surface area contributed by atoms with Crippen molar-refractivity contribution in [3.63, 3.8) is 0 Å². The van der Waals surface area contributed by atoms with Crippen LogP contribution in [0.2, 0.25) is 5.02 Å². The highest BCUT2D eigenvalue weighted by molar-refractivity contribution is 7.17. The molecule has 0 aliphatic carbocycles. The zero-order valence-corrected chi connectivity index (χ0v) is 13.4.